The molecule has 158 valence electrons. The standard InChI is InChI=1S/C23H33N3O3/c1-2-13-24-22(29)26-19(14-27)20(17-9-5-3-6-10-17)23(26)15-25(16-23)21(28)18-11-7-4-8-12-18/h3,5-6,9-10,18-20,27H,2,4,7-8,11-16H2,1H3,(H,24,29)/t19-,20-/m1/s1. The molecule has 3 fully saturated rings. The maximum absolute atomic E-state index is 13.0. The molecule has 1 aromatic rings. The van der Waals surface area contributed by atoms with E-state index in [1.807, 2.05) is 34.9 Å². The van der Waals surface area contributed by atoms with Crippen LogP contribution in [0.15, 0.2) is 30.3 Å². The molecule has 2 heterocycles. The Hall–Kier alpha value is -2.08. The topological polar surface area (TPSA) is 72.9 Å². The van der Waals surface area contributed by atoms with E-state index in [0.29, 0.717) is 19.6 Å². The first-order chi connectivity index (χ1) is 14.1. The fourth-order valence-electron chi connectivity index (χ4n) is 5.68. The van der Waals surface area contributed by atoms with Crippen LogP contribution in [-0.2, 0) is 4.79 Å². The van der Waals surface area contributed by atoms with Crippen molar-refractivity contribution in [3.05, 3.63) is 35.9 Å². The van der Waals surface area contributed by atoms with Gasteiger partial charge in [0.25, 0.3) is 0 Å². The molecule has 2 saturated heterocycles. The molecule has 2 aliphatic heterocycles. The maximum Gasteiger partial charge on any atom is 0.318 e. The molecular weight excluding hydrogens is 366 g/mol. The van der Waals surface area contributed by atoms with Gasteiger partial charge in [0, 0.05) is 31.5 Å². The third kappa shape index (κ3) is 3.41. The van der Waals surface area contributed by atoms with Gasteiger partial charge >= 0.3 is 6.03 Å². The fourth-order valence-corrected chi connectivity index (χ4v) is 5.68. The Bertz CT molecular complexity index is 726. The van der Waals surface area contributed by atoms with E-state index in [2.05, 4.69) is 17.4 Å². The van der Waals surface area contributed by atoms with E-state index in [4.69, 9.17) is 0 Å². The molecule has 1 spiro atoms. The first-order valence-electron chi connectivity index (χ1n) is 11.1. The van der Waals surface area contributed by atoms with Crippen LogP contribution in [0.2, 0.25) is 0 Å². The molecule has 2 N–H and O–H groups in total. The second kappa shape index (κ2) is 8.34. The third-order valence-corrected chi connectivity index (χ3v) is 7.06. The molecule has 3 amide bonds. The molecule has 29 heavy (non-hydrogen) atoms. The number of hydrogen-bond acceptors (Lipinski definition) is 3. The Morgan fingerprint density at radius 1 is 1.14 bits per heavy atom. The number of amides is 3. The van der Waals surface area contributed by atoms with E-state index in [9.17, 15) is 14.7 Å². The molecule has 0 radical (unpaired) electrons. The Morgan fingerprint density at radius 3 is 2.45 bits per heavy atom. The van der Waals surface area contributed by atoms with E-state index in [-0.39, 0.29) is 36.4 Å². The number of carbonyl (C=O) groups is 2. The van der Waals surface area contributed by atoms with Crippen molar-refractivity contribution in [2.45, 2.75) is 62.9 Å². The van der Waals surface area contributed by atoms with Crippen LogP contribution < -0.4 is 5.32 Å². The molecule has 3 aliphatic rings. The van der Waals surface area contributed by atoms with Gasteiger partial charge in [0.05, 0.1) is 18.2 Å². The quantitative estimate of drug-likeness (QED) is 0.800. The minimum atomic E-state index is -0.406. The predicted molar refractivity (Wildman–Crippen MR) is 111 cm³/mol. The van der Waals surface area contributed by atoms with Crippen molar-refractivity contribution in [2.24, 2.45) is 5.92 Å². The van der Waals surface area contributed by atoms with Crippen LogP contribution >= 0.6 is 0 Å². The van der Waals surface area contributed by atoms with Crippen molar-refractivity contribution in [1.82, 2.24) is 15.1 Å². The maximum atomic E-state index is 13.0. The van der Waals surface area contributed by atoms with Gasteiger partial charge in [0.1, 0.15) is 0 Å². The Labute approximate surface area is 173 Å². The number of hydrogen-bond donors (Lipinski definition) is 2. The number of urea groups is 1. The second-order valence-electron chi connectivity index (χ2n) is 8.87. The zero-order chi connectivity index (χ0) is 20.4. The van der Waals surface area contributed by atoms with E-state index < -0.39 is 5.54 Å². The summed E-state index contributed by atoms with van der Waals surface area (Å²) in [5.74, 6) is 0.451. The lowest BCUT2D eigenvalue weighted by atomic mass is 9.60. The number of nitrogens with zero attached hydrogens (tertiary/aromatic N) is 2. The van der Waals surface area contributed by atoms with E-state index in [1.54, 1.807) is 0 Å². The SMILES string of the molecule is CCCNC(=O)N1[C@H](CO)[C@@H](c2ccccc2)C12CN(C(=O)C1CCCCC1)C2. The summed E-state index contributed by atoms with van der Waals surface area (Å²) in [6.07, 6.45) is 6.35. The molecule has 1 saturated carbocycles. The summed E-state index contributed by atoms with van der Waals surface area (Å²) < 4.78 is 0. The van der Waals surface area contributed by atoms with Crippen molar-refractivity contribution in [2.75, 3.05) is 26.2 Å². The van der Waals surface area contributed by atoms with Crippen LogP contribution in [0.3, 0.4) is 0 Å². The molecule has 4 rings (SSSR count). The van der Waals surface area contributed by atoms with Crippen molar-refractivity contribution in [3.8, 4) is 0 Å². The lowest BCUT2D eigenvalue weighted by Crippen LogP contribution is -2.86. The van der Waals surface area contributed by atoms with Gasteiger partial charge in [-0.2, -0.15) is 0 Å². The molecule has 2 atom stereocenters. The highest BCUT2D eigenvalue weighted by Crippen LogP contribution is 2.54. The highest BCUT2D eigenvalue weighted by atomic mass is 16.3. The Kier molecular flexibility index (Phi) is 5.81. The molecule has 0 unspecified atom stereocenters. The zero-order valence-corrected chi connectivity index (χ0v) is 17.3. The van der Waals surface area contributed by atoms with Gasteiger partial charge in [-0.25, -0.2) is 4.79 Å². The first kappa shape index (κ1) is 20.2. The lowest BCUT2D eigenvalue weighted by Gasteiger charge is -2.70. The average molecular weight is 400 g/mol. The van der Waals surface area contributed by atoms with Gasteiger partial charge in [0.15, 0.2) is 0 Å². The van der Waals surface area contributed by atoms with Gasteiger partial charge in [-0.1, -0.05) is 56.5 Å². The number of nitrogens with one attached hydrogen (secondary N) is 1. The summed E-state index contributed by atoms with van der Waals surface area (Å²) in [6.45, 7) is 3.70. The summed E-state index contributed by atoms with van der Waals surface area (Å²) in [5, 5.41) is 13.1. The predicted octanol–water partition coefficient (Wildman–Crippen LogP) is 2.73. The number of aliphatic hydroxyl groups excluding tert-OH is 1. The molecule has 6 nitrogen and oxygen atoms in total. The van der Waals surface area contributed by atoms with Crippen molar-refractivity contribution < 1.29 is 14.7 Å². The highest BCUT2D eigenvalue weighted by molar-refractivity contribution is 5.83. The van der Waals surface area contributed by atoms with Gasteiger partial charge < -0.3 is 20.2 Å². The third-order valence-electron chi connectivity index (χ3n) is 7.06. The van der Waals surface area contributed by atoms with Crippen LogP contribution in [0.5, 0.6) is 0 Å². The number of likely N-dealkylation sites (tertiary alicyclic amines) is 2. The van der Waals surface area contributed by atoms with Gasteiger partial charge in [-0.15, -0.1) is 0 Å². The van der Waals surface area contributed by atoms with Gasteiger partial charge in [0.2, 0.25) is 5.91 Å². The van der Waals surface area contributed by atoms with E-state index in [1.165, 1.54) is 6.42 Å². The smallest absolute Gasteiger partial charge is 0.318 e. The summed E-state index contributed by atoms with van der Waals surface area (Å²) in [7, 11) is 0. The zero-order valence-electron chi connectivity index (χ0n) is 17.3. The molecular formula is C23H33N3O3. The molecule has 0 aromatic heterocycles. The lowest BCUT2D eigenvalue weighted by molar-refractivity contribution is -0.180. The van der Waals surface area contributed by atoms with Gasteiger partial charge in [-0.3, -0.25) is 4.79 Å². The first-order valence-corrected chi connectivity index (χ1v) is 11.1. The average Bonchev–Trinajstić information content (AvgIpc) is 2.72. The van der Waals surface area contributed by atoms with Crippen LogP contribution in [0.1, 0.15) is 56.9 Å². The normalized spacial score (nSPS) is 26.0. The largest absolute Gasteiger partial charge is 0.394 e. The minimum absolute atomic E-state index is 0.0523. The summed E-state index contributed by atoms with van der Waals surface area (Å²) >= 11 is 0. The highest BCUT2D eigenvalue weighted by Gasteiger charge is 2.68. The molecule has 1 aromatic carbocycles. The number of rotatable bonds is 5. The van der Waals surface area contributed by atoms with Crippen LogP contribution in [0.4, 0.5) is 4.79 Å². The van der Waals surface area contributed by atoms with Crippen molar-refractivity contribution >= 4 is 11.9 Å². The van der Waals surface area contributed by atoms with Crippen molar-refractivity contribution in [3.63, 3.8) is 0 Å². The van der Waals surface area contributed by atoms with E-state index >= 15 is 0 Å². The van der Waals surface area contributed by atoms with Crippen LogP contribution in [-0.4, -0.2) is 64.7 Å². The summed E-state index contributed by atoms with van der Waals surface area (Å²) in [6, 6.07) is 9.75. The monoisotopic (exact) mass is 399 g/mol. The number of carbonyl (C=O) groups excluding carboxylic acids is 2. The van der Waals surface area contributed by atoms with E-state index in [0.717, 1.165) is 37.7 Å². The minimum Gasteiger partial charge on any atom is -0.394 e. The Morgan fingerprint density at radius 2 is 1.83 bits per heavy atom. The molecule has 1 aliphatic carbocycles. The number of aliphatic hydroxyl groups is 1. The summed E-state index contributed by atoms with van der Waals surface area (Å²) in [4.78, 5) is 29.7. The van der Waals surface area contributed by atoms with Gasteiger partial charge in [-0.05, 0) is 24.8 Å². The molecule has 0 bridgehead atoms. The van der Waals surface area contributed by atoms with Crippen LogP contribution in [0.25, 0.3) is 0 Å². The number of benzene rings is 1. The Balaban J connectivity index is 1.55. The second-order valence-corrected chi connectivity index (χ2v) is 8.87. The van der Waals surface area contributed by atoms with Crippen molar-refractivity contribution in [1.29, 1.82) is 0 Å². The summed E-state index contributed by atoms with van der Waals surface area (Å²) in [5.41, 5.74) is 0.729. The molecule has 6 heteroatoms. The van der Waals surface area contributed by atoms with Crippen LogP contribution in [0, 0.1) is 5.92 Å². The fraction of sp³-hybridized carbons (Fsp3) is 0.652.